The molecule has 3 aromatic rings. The lowest BCUT2D eigenvalue weighted by molar-refractivity contribution is 0.0937. The van der Waals surface area contributed by atoms with Crippen LogP contribution in [0.3, 0.4) is 0 Å². The zero-order chi connectivity index (χ0) is 19.3. The maximum absolute atomic E-state index is 13.3. The second kappa shape index (κ2) is 8.42. The molecule has 0 bridgehead atoms. The van der Waals surface area contributed by atoms with Crippen LogP contribution in [0.5, 0.6) is 0 Å². The zero-order valence-electron chi connectivity index (χ0n) is 16.4. The molecule has 1 aliphatic heterocycles. The average Bonchev–Trinajstić information content (AvgIpc) is 2.77. The summed E-state index contributed by atoms with van der Waals surface area (Å²) in [6.07, 6.45) is 4.48. The fourth-order valence-electron chi connectivity index (χ4n) is 3.98. The first-order valence-electron chi connectivity index (χ1n) is 10.3. The Kier molecular flexibility index (Phi) is 5.56. The van der Waals surface area contributed by atoms with E-state index in [0.717, 1.165) is 41.8 Å². The first kappa shape index (κ1) is 18.5. The Hall–Kier alpha value is -2.88. The monoisotopic (exact) mass is 373 g/mol. The second-order valence-corrected chi connectivity index (χ2v) is 7.44. The second-order valence-electron chi connectivity index (χ2n) is 7.44. The number of carbonyl (C=O) groups is 1. The Labute approximate surface area is 166 Å². The fraction of sp³-hybridized carbons (Fsp3) is 0.333. The summed E-state index contributed by atoms with van der Waals surface area (Å²) in [5.41, 5.74) is 2.72. The maximum atomic E-state index is 13.3. The number of nitrogens with zero attached hydrogens (tertiary/aromatic N) is 2. The molecule has 28 heavy (non-hydrogen) atoms. The van der Waals surface area contributed by atoms with Gasteiger partial charge in [0.2, 0.25) is 0 Å². The number of pyridine rings is 1. The molecule has 1 fully saturated rings. The number of amides is 1. The van der Waals surface area contributed by atoms with Gasteiger partial charge in [-0.3, -0.25) is 4.79 Å². The Morgan fingerprint density at radius 1 is 1.04 bits per heavy atom. The van der Waals surface area contributed by atoms with Crippen molar-refractivity contribution in [3.63, 3.8) is 0 Å². The molecular formula is C24H27N3O. The van der Waals surface area contributed by atoms with Crippen LogP contribution in [0.4, 0.5) is 5.82 Å². The van der Waals surface area contributed by atoms with Gasteiger partial charge in [-0.25, -0.2) is 4.98 Å². The van der Waals surface area contributed by atoms with Crippen molar-refractivity contribution in [2.75, 3.05) is 18.0 Å². The molecule has 0 spiro atoms. The summed E-state index contributed by atoms with van der Waals surface area (Å²) in [6, 6.07) is 20.1. The summed E-state index contributed by atoms with van der Waals surface area (Å²) < 4.78 is 0. The van der Waals surface area contributed by atoms with E-state index in [-0.39, 0.29) is 11.9 Å². The van der Waals surface area contributed by atoms with E-state index in [1.54, 1.807) is 0 Å². The number of hydrogen-bond donors (Lipinski definition) is 1. The van der Waals surface area contributed by atoms with Gasteiger partial charge in [-0.1, -0.05) is 55.5 Å². The molecule has 4 heteroatoms. The molecule has 1 aromatic heterocycles. The Morgan fingerprint density at radius 3 is 2.50 bits per heavy atom. The number of anilines is 1. The molecule has 4 nitrogen and oxygen atoms in total. The lowest BCUT2D eigenvalue weighted by atomic mass is 10.0. The highest BCUT2D eigenvalue weighted by molar-refractivity contribution is 6.07. The van der Waals surface area contributed by atoms with Crippen molar-refractivity contribution >= 4 is 22.6 Å². The number of benzene rings is 2. The summed E-state index contributed by atoms with van der Waals surface area (Å²) >= 11 is 0. The SMILES string of the molecule is CC[C@H](NC(=O)c1cc(N2CCCCC2)nc2ccccc12)c1ccccc1. The van der Waals surface area contributed by atoms with Crippen LogP contribution >= 0.6 is 0 Å². The van der Waals surface area contributed by atoms with Gasteiger partial charge in [-0.15, -0.1) is 0 Å². The number of aromatic nitrogens is 1. The van der Waals surface area contributed by atoms with Crippen LogP contribution in [0.1, 0.15) is 54.6 Å². The third kappa shape index (κ3) is 3.86. The molecule has 0 saturated carbocycles. The summed E-state index contributed by atoms with van der Waals surface area (Å²) in [5.74, 6) is 0.879. The van der Waals surface area contributed by atoms with Crippen molar-refractivity contribution in [2.45, 2.75) is 38.6 Å². The van der Waals surface area contributed by atoms with Gasteiger partial charge in [-0.2, -0.15) is 0 Å². The van der Waals surface area contributed by atoms with Gasteiger partial charge in [0, 0.05) is 18.5 Å². The standard InChI is InChI=1S/C24H27N3O/c1-2-21(18-11-5-3-6-12-18)26-24(28)20-17-23(27-15-9-4-10-16-27)25-22-14-8-7-13-19(20)22/h3,5-8,11-14,17,21H,2,4,9-10,15-16H2,1H3,(H,26,28)/t21-/m0/s1. The van der Waals surface area contributed by atoms with E-state index in [1.165, 1.54) is 19.3 Å². The highest BCUT2D eigenvalue weighted by atomic mass is 16.1. The van der Waals surface area contributed by atoms with Crippen molar-refractivity contribution < 1.29 is 4.79 Å². The molecule has 4 rings (SSSR count). The molecule has 0 unspecified atom stereocenters. The normalized spacial score (nSPS) is 15.4. The number of carbonyl (C=O) groups excluding carboxylic acids is 1. The number of hydrogen-bond acceptors (Lipinski definition) is 3. The Morgan fingerprint density at radius 2 is 1.75 bits per heavy atom. The molecular weight excluding hydrogens is 346 g/mol. The number of rotatable bonds is 5. The molecule has 1 atom stereocenters. The third-order valence-corrected chi connectivity index (χ3v) is 5.54. The molecule has 1 aliphatic rings. The molecule has 2 heterocycles. The van der Waals surface area contributed by atoms with E-state index >= 15 is 0 Å². The summed E-state index contributed by atoms with van der Waals surface area (Å²) in [7, 11) is 0. The number of fused-ring (bicyclic) bond motifs is 1. The summed E-state index contributed by atoms with van der Waals surface area (Å²) in [6.45, 7) is 4.11. The van der Waals surface area contributed by atoms with Crippen molar-refractivity contribution in [1.29, 1.82) is 0 Å². The maximum Gasteiger partial charge on any atom is 0.252 e. The zero-order valence-corrected chi connectivity index (χ0v) is 16.4. The summed E-state index contributed by atoms with van der Waals surface area (Å²) in [4.78, 5) is 20.4. The van der Waals surface area contributed by atoms with Gasteiger partial charge in [0.05, 0.1) is 17.1 Å². The molecule has 1 N–H and O–H groups in total. The van der Waals surface area contributed by atoms with E-state index < -0.39 is 0 Å². The number of para-hydroxylation sites is 1. The van der Waals surface area contributed by atoms with Crippen molar-refractivity contribution in [1.82, 2.24) is 10.3 Å². The van der Waals surface area contributed by atoms with Crippen LogP contribution in [0.25, 0.3) is 10.9 Å². The quantitative estimate of drug-likeness (QED) is 0.676. The highest BCUT2D eigenvalue weighted by Crippen LogP contribution is 2.26. The van der Waals surface area contributed by atoms with E-state index in [9.17, 15) is 4.79 Å². The van der Waals surface area contributed by atoms with Gasteiger partial charge in [0.15, 0.2) is 0 Å². The largest absolute Gasteiger partial charge is 0.357 e. The van der Waals surface area contributed by atoms with Gasteiger partial charge in [0.1, 0.15) is 5.82 Å². The summed E-state index contributed by atoms with van der Waals surface area (Å²) in [5, 5.41) is 4.14. The van der Waals surface area contributed by atoms with Crippen LogP contribution in [-0.4, -0.2) is 24.0 Å². The first-order valence-corrected chi connectivity index (χ1v) is 10.3. The average molecular weight is 374 g/mol. The fourth-order valence-corrected chi connectivity index (χ4v) is 3.98. The van der Waals surface area contributed by atoms with Gasteiger partial charge in [-0.05, 0) is 43.4 Å². The van der Waals surface area contributed by atoms with E-state index in [0.29, 0.717) is 5.56 Å². The lowest BCUT2D eigenvalue weighted by Crippen LogP contribution is -2.31. The van der Waals surface area contributed by atoms with Crippen LogP contribution in [0, 0.1) is 0 Å². The predicted molar refractivity (Wildman–Crippen MR) is 115 cm³/mol. The molecule has 2 aromatic carbocycles. The Bertz CT molecular complexity index is 948. The van der Waals surface area contributed by atoms with E-state index in [2.05, 4.69) is 29.3 Å². The van der Waals surface area contributed by atoms with E-state index in [1.807, 2.05) is 48.5 Å². The molecule has 1 saturated heterocycles. The van der Waals surface area contributed by atoms with Crippen molar-refractivity contribution in [2.24, 2.45) is 0 Å². The number of piperidine rings is 1. The Balaban J connectivity index is 1.68. The highest BCUT2D eigenvalue weighted by Gasteiger charge is 2.20. The van der Waals surface area contributed by atoms with Crippen LogP contribution in [0.2, 0.25) is 0 Å². The van der Waals surface area contributed by atoms with Gasteiger partial charge in [0.25, 0.3) is 5.91 Å². The van der Waals surface area contributed by atoms with Crippen molar-refractivity contribution in [3.05, 3.63) is 71.8 Å². The molecule has 144 valence electrons. The minimum atomic E-state index is -0.0347. The van der Waals surface area contributed by atoms with Crippen LogP contribution in [-0.2, 0) is 0 Å². The van der Waals surface area contributed by atoms with Crippen molar-refractivity contribution in [3.8, 4) is 0 Å². The lowest BCUT2D eigenvalue weighted by Gasteiger charge is -2.28. The minimum Gasteiger partial charge on any atom is -0.357 e. The number of nitrogens with one attached hydrogen (secondary N) is 1. The van der Waals surface area contributed by atoms with E-state index in [4.69, 9.17) is 4.98 Å². The van der Waals surface area contributed by atoms with Gasteiger partial charge < -0.3 is 10.2 Å². The molecule has 0 radical (unpaired) electrons. The topological polar surface area (TPSA) is 45.2 Å². The third-order valence-electron chi connectivity index (χ3n) is 5.54. The minimum absolute atomic E-state index is 0.000866. The smallest absolute Gasteiger partial charge is 0.252 e. The van der Waals surface area contributed by atoms with Gasteiger partial charge >= 0.3 is 0 Å². The van der Waals surface area contributed by atoms with Crippen LogP contribution in [0.15, 0.2) is 60.7 Å². The van der Waals surface area contributed by atoms with Crippen LogP contribution < -0.4 is 10.2 Å². The predicted octanol–water partition coefficient (Wildman–Crippen LogP) is 5.11. The molecule has 0 aliphatic carbocycles. The first-order chi connectivity index (χ1) is 13.8. The molecule has 1 amide bonds.